The van der Waals surface area contributed by atoms with Crippen molar-refractivity contribution in [1.82, 2.24) is 14.9 Å². The van der Waals surface area contributed by atoms with Gasteiger partial charge >= 0.3 is 0 Å². The molecule has 0 aliphatic carbocycles. The van der Waals surface area contributed by atoms with Crippen LogP contribution in [0.3, 0.4) is 0 Å². The Morgan fingerprint density at radius 2 is 2.11 bits per heavy atom. The van der Waals surface area contributed by atoms with Gasteiger partial charge < -0.3 is 9.88 Å². The second-order valence-electron chi connectivity index (χ2n) is 3.91. The quantitative estimate of drug-likeness (QED) is 0.936. The number of rotatable bonds is 4. The van der Waals surface area contributed by atoms with Crippen LogP contribution in [0, 0.1) is 5.82 Å². The Balaban J connectivity index is 1.92. The Kier molecular flexibility index (Phi) is 4.22. The second kappa shape index (κ2) is 5.69. The molecule has 6 heteroatoms. The lowest BCUT2D eigenvalue weighted by molar-refractivity contribution is 0.621. The van der Waals surface area contributed by atoms with E-state index in [1.807, 2.05) is 7.05 Å². The highest BCUT2D eigenvalue weighted by Gasteiger charge is 2.04. The number of nitrogens with zero attached hydrogens (tertiary/aromatic N) is 2. The minimum atomic E-state index is -0.406. The molecule has 3 nitrogen and oxygen atoms in total. The zero-order valence-corrected chi connectivity index (χ0v) is 11.3. The lowest BCUT2D eigenvalue weighted by Gasteiger charge is -2.06. The number of nitrogens with one attached hydrogen (secondary N) is 1. The zero-order chi connectivity index (χ0) is 13.1. The topological polar surface area (TPSA) is 29.9 Å². The highest BCUT2D eigenvalue weighted by atomic mass is 35.5. The normalized spacial score (nSPS) is 10.9. The Bertz CT molecular complexity index is 554. The van der Waals surface area contributed by atoms with E-state index < -0.39 is 5.82 Å². The summed E-state index contributed by atoms with van der Waals surface area (Å²) in [6.45, 7) is 1.17. The zero-order valence-electron chi connectivity index (χ0n) is 9.75. The van der Waals surface area contributed by atoms with E-state index in [4.69, 9.17) is 23.2 Å². The van der Waals surface area contributed by atoms with Gasteiger partial charge in [-0.25, -0.2) is 9.37 Å². The van der Waals surface area contributed by atoms with Gasteiger partial charge in [-0.1, -0.05) is 29.3 Å². The number of halogens is 3. The summed E-state index contributed by atoms with van der Waals surface area (Å²) in [5, 5.41) is 3.92. The Labute approximate surface area is 115 Å². The maximum absolute atomic E-state index is 13.0. The van der Waals surface area contributed by atoms with Crippen LogP contribution >= 0.6 is 23.2 Å². The van der Waals surface area contributed by atoms with Gasteiger partial charge in [0.25, 0.3) is 0 Å². The van der Waals surface area contributed by atoms with Gasteiger partial charge in [-0.05, 0) is 17.7 Å². The van der Waals surface area contributed by atoms with Crippen molar-refractivity contribution >= 4 is 23.2 Å². The number of hydrogen-bond acceptors (Lipinski definition) is 2. The summed E-state index contributed by atoms with van der Waals surface area (Å²) in [6, 6.07) is 4.66. The van der Waals surface area contributed by atoms with Crippen LogP contribution in [0.1, 0.15) is 11.4 Å². The molecule has 0 radical (unpaired) electrons. The van der Waals surface area contributed by atoms with Crippen LogP contribution in [0.2, 0.25) is 10.2 Å². The molecule has 1 aromatic heterocycles. The minimum Gasteiger partial charge on any atom is -0.321 e. The molecule has 0 saturated heterocycles. The molecule has 0 aliphatic rings. The van der Waals surface area contributed by atoms with Gasteiger partial charge in [0.1, 0.15) is 16.8 Å². The van der Waals surface area contributed by atoms with E-state index in [2.05, 4.69) is 10.3 Å². The van der Waals surface area contributed by atoms with Crippen LogP contribution in [0.25, 0.3) is 0 Å². The third-order valence-corrected chi connectivity index (χ3v) is 3.26. The van der Waals surface area contributed by atoms with Crippen molar-refractivity contribution in [3.8, 4) is 0 Å². The molecular formula is C12H12Cl2FN3. The molecule has 0 spiro atoms. The predicted molar refractivity (Wildman–Crippen MR) is 70.2 cm³/mol. The first-order valence-corrected chi connectivity index (χ1v) is 6.14. The molecule has 1 heterocycles. The Hall–Kier alpha value is -1.10. The van der Waals surface area contributed by atoms with Crippen molar-refractivity contribution in [2.75, 3.05) is 0 Å². The van der Waals surface area contributed by atoms with E-state index >= 15 is 0 Å². The monoisotopic (exact) mass is 287 g/mol. The number of hydrogen-bond donors (Lipinski definition) is 1. The van der Waals surface area contributed by atoms with Gasteiger partial charge in [0, 0.05) is 13.6 Å². The first-order chi connectivity index (χ1) is 8.58. The molecule has 0 amide bonds. The summed E-state index contributed by atoms with van der Waals surface area (Å²) in [7, 11) is 1.85. The van der Waals surface area contributed by atoms with Gasteiger partial charge in [0.15, 0.2) is 0 Å². The summed E-state index contributed by atoms with van der Waals surface area (Å²) in [4.78, 5) is 4.16. The standard InChI is InChI=1S/C12H12Cl2FN3/c1-18-11(14)6-17-12(18)7-16-5-8-2-3-10(15)9(13)4-8/h2-4,6,16H,5,7H2,1H3. The van der Waals surface area contributed by atoms with E-state index in [1.54, 1.807) is 22.9 Å². The third kappa shape index (κ3) is 3.02. The maximum Gasteiger partial charge on any atom is 0.141 e. The van der Waals surface area contributed by atoms with Gasteiger partial charge in [0.05, 0.1) is 17.8 Å². The van der Waals surface area contributed by atoms with Gasteiger partial charge in [-0.3, -0.25) is 0 Å². The van der Waals surface area contributed by atoms with Gasteiger partial charge in [0.2, 0.25) is 0 Å². The van der Waals surface area contributed by atoms with Crippen LogP contribution in [-0.4, -0.2) is 9.55 Å². The molecule has 96 valence electrons. The molecule has 0 unspecified atom stereocenters. The molecule has 0 saturated carbocycles. The van der Waals surface area contributed by atoms with E-state index in [0.29, 0.717) is 18.2 Å². The number of aromatic nitrogens is 2. The Morgan fingerprint density at radius 3 is 2.72 bits per heavy atom. The molecule has 0 fully saturated rings. The first kappa shape index (κ1) is 13.3. The molecule has 2 rings (SSSR count). The highest BCUT2D eigenvalue weighted by Crippen LogP contribution is 2.16. The van der Waals surface area contributed by atoms with E-state index in [1.165, 1.54) is 6.07 Å². The minimum absolute atomic E-state index is 0.134. The maximum atomic E-state index is 13.0. The summed E-state index contributed by atoms with van der Waals surface area (Å²) in [5.74, 6) is 0.435. The van der Waals surface area contributed by atoms with Crippen molar-refractivity contribution in [3.05, 3.63) is 51.8 Å². The van der Waals surface area contributed by atoms with Crippen LogP contribution in [-0.2, 0) is 20.1 Å². The van der Waals surface area contributed by atoms with Crippen molar-refractivity contribution in [2.24, 2.45) is 7.05 Å². The SMILES string of the molecule is Cn1c(Cl)cnc1CNCc1ccc(F)c(Cl)c1. The molecule has 18 heavy (non-hydrogen) atoms. The fraction of sp³-hybridized carbons (Fsp3) is 0.250. The van der Waals surface area contributed by atoms with Crippen LogP contribution < -0.4 is 5.32 Å². The van der Waals surface area contributed by atoms with Gasteiger partial charge in [-0.15, -0.1) is 0 Å². The molecule has 0 atom stereocenters. The van der Waals surface area contributed by atoms with Crippen molar-refractivity contribution < 1.29 is 4.39 Å². The smallest absolute Gasteiger partial charge is 0.141 e. The van der Waals surface area contributed by atoms with Crippen LogP contribution in [0.15, 0.2) is 24.4 Å². The highest BCUT2D eigenvalue weighted by molar-refractivity contribution is 6.30. The van der Waals surface area contributed by atoms with Gasteiger partial charge in [-0.2, -0.15) is 0 Å². The van der Waals surface area contributed by atoms with E-state index in [0.717, 1.165) is 11.4 Å². The lowest BCUT2D eigenvalue weighted by Crippen LogP contribution is -2.15. The third-order valence-electron chi connectivity index (χ3n) is 2.62. The summed E-state index contributed by atoms with van der Waals surface area (Å²) >= 11 is 11.6. The van der Waals surface area contributed by atoms with Crippen molar-refractivity contribution in [2.45, 2.75) is 13.1 Å². The average molecular weight is 288 g/mol. The van der Waals surface area contributed by atoms with E-state index in [-0.39, 0.29) is 5.02 Å². The van der Waals surface area contributed by atoms with Crippen molar-refractivity contribution in [3.63, 3.8) is 0 Å². The molecule has 0 aliphatic heterocycles. The van der Waals surface area contributed by atoms with Crippen molar-refractivity contribution in [1.29, 1.82) is 0 Å². The molecule has 1 aromatic carbocycles. The summed E-state index contributed by atoms with van der Waals surface area (Å²) < 4.78 is 14.8. The summed E-state index contributed by atoms with van der Waals surface area (Å²) in [6.07, 6.45) is 1.60. The predicted octanol–water partition coefficient (Wildman–Crippen LogP) is 3.16. The first-order valence-electron chi connectivity index (χ1n) is 5.38. The fourth-order valence-corrected chi connectivity index (χ4v) is 1.91. The molecular weight excluding hydrogens is 276 g/mol. The fourth-order valence-electron chi connectivity index (χ4n) is 1.56. The van der Waals surface area contributed by atoms with Crippen LogP contribution in [0.5, 0.6) is 0 Å². The molecule has 0 bridgehead atoms. The largest absolute Gasteiger partial charge is 0.321 e. The lowest BCUT2D eigenvalue weighted by atomic mass is 10.2. The number of imidazole rings is 1. The van der Waals surface area contributed by atoms with Crippen LogP contribution in [0.4, 0.5) is 4.39 Å². The number of benzene rings is 1. The second-order valence-corrected chi connectivity index (χ2v) is 4.70. The molecule has 1 N–H and O–H groups in total. The average Bonchev–Trinajstić information content (AvgIpc) is 2.66. The summed E-state index contributed by atoms with van der Waals surface area (Å²) in [5.41, 5.74) is 0.918. The Morgan fingerprint density at radius 1 is 1.33 bits per heavy atom. The molecule has 2 aromatic rings. The van der Waals surface area contributed by atoms with E-state index in [9.17, 15) is 4.39 Å².